The van der Waals surface area contributed by atoms with Crippen LogP contribution in [0.4, 0.5) is 0 Å². The third-order valence-electron chi connectivity index (χ3n) is 4.45. The fourth-order valence-corrected chi connectivity index (χ4v) is 4.26. The number of nitrogens with zero attached hydrogens (tertiary/aromatic N) is 1. The van der Waals surface area contributed by atoms with Gasteiger partial charge < -0.3 is 4.74 Å². The molecule has 0 aromatic heterocycles. The average Bonchev–Trinajstić information content (AvgIpc) is 3.08. The summed E-state index contributed by atoms with van der Waals surface area (Å²) in [6.07, 6.45) is 8.73. The number of aryl methyl sites for hydroxylation is 1. The molecule has 0 radical (unpaired) electrons. The molecule has 5 heteroatoms. The van der Waals surface area contributed by atoms with Crippen molar-refractivity contribution in [3.63, 3.8) is 0 Å². The highest BCUT2D eigenvalue weighted by Crippen LogP contribution is 2.32. The van der Waals surface area contributed by atoms with Crippen molar-refractivity contribution in [2.24, 2.45) is 4.99 Å². The van der Waals surface area contributed by atoms with Gasteiger partial charge >= 0.3 is 0 Å². The number of hydrogen-bond donors (Lipinski definition) is 0. The summed E-state index contributed by atoms with van der Waals surface area (Å²) in [6, 6.07) is 16.5. The van der Waals surface area contributed by atoms with Crippen molar-refractivity contribution in [2.75, 3.05) is 6.26 Å². The summed E-state index contributed by atoms with van der Waals surface area (Å²) in [6.45, 7) is 2.75. The number of carbonyl (C=O) groups is 1. The van der Waals surface area contributed by atoms with E-state index in [1.807, 2.05) is 48.7 Å². The van der Waals surface area contributed by atoms with Crippen molar-refractivity contribution in [3.8, 4) is 5.75 Å². The van der Waals surface area contributed by atoms with Gasteiger partial charge in [0.1, 0.15) is 16.7 Å². The van der Waals surface area contributed by atoms with Crippen molar-refractivity contribution in [1.82, 2.24) is 0 Å². The molecule has 1 amide bonds. The van der Waals surface area contributed by atoms with E-state index in [2.05, 4.69) is 24.0 Å². The maximum Gasteiger partial charge on any atom is 0.285 e. The maximum absolute atomic E-state index is 11.9. The van der Waals surface area contributed by atoms with Crippen molar-refractivity contribution in [2.45, 2.75) is 39.2 Å². The summed E-state index contributed by atoms with van der Waals surface area (Å²) in [7, 11) is 0. The molecule has 0 aliphatic carbocycles. The van der Waals surface area contributed by atoms with Crippen LogP contribution in [-0.4, -0.2) is 16.5 Å². The Balaban J connectivity index is 1.51. The Morgan fingerprint density at radius 3 is 2.39 bits per heavy atom. The van der Waals surface area contributed by atoms with Gasteiger partial charge in [-0.3, -0.25) is 4.79 Å². The van der Waals surface area contributed by atoms with E-state index in [9.17, 15) is 4.79 Å². The van der Waals surface area contributed by atoms with Crippen LogP contribution < -0.4 is 4.74 Å². The smallest absolute Gasteiger partial charge is 0.285 e. The van der Waals surface area contributed by atoms with Crippen LogP contribution in [-0.2, 0) is 17.8 Å². The summed E-state index contributed by atoms with van der Waals surface area (Å²) in [4.78, 5) is 16.5. The molecule has 0 N–H and O–H groups in total. The first-order valence-electron chi connectivity index (χ1n) is 9.55. The lowest BCUT2D eigenvalue weighted by Gasteiger charge is -2.08. The van der Waals surface area contributed by atoms with Crippen molar-refractivity contribution < 1.29 is 9.53 Å². The predicted octanol–water partition coefficient (Wildman–Crippen LogP) is 6.33. The summed E-state index contributed by atoms with van der Waals surface area (Å²) in [5.74, 6) is 0.736. The molecule has 28 heavy (non-hydrogen) atoms. The minimum Gasteiger partial charge on any atom is -0.489 e. The lowest BCUT2D eigenvalue weighted by molar-refractivity contribution is -0.113. The Bertz CT molecular complexity index is 855. The highest BCUT2D eigenvalue weighted by atomic mass is 32.2. The molecule has 1 aliphatic rings. The minimum absolute atomic E-state index is 0.153. The van der Waals surface area contributed by atoms with Crippen LogP contribution in [0.3, 0.4) is 0 Å². The number of carbonyl (C=O) groups excluding carboxylic acids is 1. The first-order valence-corrected chi connectivity index (χ1v) is 11.6. The van der Waals surface area contributed by atoms with Gasteiger partial charge in [0.2, 0.25) is 0 Å². The van der Waals surface area contributed by atoms with Gasteiger partial charge in [-0.1, -0.05) is 67.9 Å². The number of rotatable bonds is 8. The lowest BCUT2D eigenvalue weighted by Crippen LogP contribution is -1.96. The minimum atomic E-state index is -0.153. The molecule has 0 bridgehead atoms. The van der Waals surface area contributed by atoms with Crippen molar-refractivity contribution in [1.29, 1.82) is 0 Å². The van der Waals surface area contributed by atoms with E-state index in [-0.39, 0.29) is 5.91 Å². The van der Waals surface area contributed by atoms with Gasteiger partial charge in [0.15, 0.2) is 0 Å². The van der Waals surface area contributed by atoms with Crippen LogP contribution in [0, 0.1) is 0 Å². The molecule has 2 aromatic carbocycles. The monoisotopic (exact) mass is 411 g/mol. The van der Waals surface area contributed by atoms with Gasteiger partial charge in [-0.05, 0) is 54.0 Å². The Morgan fingerprint density at radius 1 is 1.04 bits per heavy atom. The van der Waals surface area contributed by atoms with Crippen LogP contribution in [0.1, 0.15) is 42.9 Å². The molecule has 0 fully saturated rings. The van der Waals surface area contributed by atoms with Gasteiger partial charge in [-0.25, -0.2) is 0 Å². The highest BCUT2D eigenvalue weighted by molar-refractivity contribution is 8.40. The third-order valence-corrected chi connectivity index (χ3v) is 6.42. The zero-order valence-corrected chi connectivity index (χ0v) is 17.9. The number of thioether (sulfide) groups is 2. The van der Waals surface area contributed by atoms with E-state index in [0.29, 0.717) is 11.5 Å². The highest BCUT2D eigenvalue weighted by Gasteiger charge is 2.20. The van der Waals surface area contributed by atoms with Crippen LogP contribution in [0.2, 0.25) is 0 Å². The largest absolute Gasteiger partial charge is 0.489 e. The van der Waals surface area contributed by atoms with E-state index < -0.39 is 0 Å². The molecule has 3 nitrogen and oxygen atoms in total. The van der Waals surface area contributed by atoms with Crippen LogP contribution in [0.15, 0.2) is 58.4 Å². The Morgan fingerprint density at radius 2 is 1.75 bits per heavy atom. The molecule has 0 saturated carbocycles. The Hall–Kier alpha value is -1.98. The Labute approximate surface area is 175 Å². The number of hydrogen-bond acceptors (Lipinski definition) is 4. The first-order chi connectivity index (χ1) is 13.7. The molecule has 3 rings (SSSR count). The van der Waals surface area contributed by atoms with Crippen molar-refractivity contribution >= 4 is 39.9 Å². The summed E-state index contributed by atoms with van der Waals surface area (Å²) in [5, 5.41) is 0. The van der Waals surface area contributed by atoms with Crippen LogP contribution in [0.5, 0.6) is 5.75 Å². The summed E-state index contributed by atoms with van der Waals surface area (Å²) in [5.41, 5.74) is 3.46. The van der Waals surface area contributed by atoms with Gasteiger partial charge in [0, 0.05) is 0 Å². The Kier molecular flexibility index (Phi) is 7.80. The molecule has 0 atom stereocenters. The second kappa shape index (κ2) is 10.5. The topological polar surface area (TPSA) is 38.7 Å². The third kappa shape index (κ3) is 6.01. The normalized spacial score (nSPS) is 15.1. The number of amides is 1. The van der Waals surface area contributed by atoms with Crippen molar-refractivity contribution in [3.05, 3.63) is 70.1 Å². The number of unbranched alkanes of at least 4 members (excludes halogenated alkanes) is 2. The number of ether oxygens (including phenoxy) is 1. The number of aliphatic imine (C=N–C) groups is 1. The zero-order valence-electron chi connectivity index (χ0n) is 16.3. The molecular formula is C23H25NO2S2. The fourth-order valence-electron chi connectivity index (χ4n) is 2.84. The average molecular weight is 412 g/mol. The molecular weight excluding hydrogens is 386 g/mol. The molecule has 2 aromatic rings. The van der Waals surface area contributed by atoms with E-state index in [1.165, 1.54) is 48.3 Å². The van der Waals surface area contributed by atoms with Crippen LogP contribution in [0.25, 0.3) is 6.08 Å². The second-order valence-electron chi connectivity index (χ2n) is 6.63. The second-order valence-corrected chi connectivity index (χ2v) is 8.71. The summed E-state index contributed by atoms with van der Waals surface area (Å²) < 4.78 is 6.70. The standard InChI is InChI=1S/C23H25NO2S2/c1-3-4-5-6-17-11-13-20(14-12-17)26-16-19-9-7-18(8-10-19)15-21-22(25)24-23(27-2)28-21/h7-15H,3-6,16H2,1-2H3. The fraction of sp³-hybridized carbons (Fsp3) is 0.304. The molecule has 0 saturated heterocycles. The van der Waals surface area contributed by atoms with Gasteiger partial charge in [-0.2, -0.15) is 4.99 Å². The van der Waals surface area contributed by atoms with E-state index in [1.54, 1.807) is 0 Å². The first kappa shape index (κ1) is 20.7. The van der Waals surface area contributed by atoms with E-state index >= 15 is 0 Å². The van der Waals surface area contributed by atoms with Gasteiger partial charge in [0.25, 0.3) is 5.91 Å². The molecule has 146 valence electrons. The van der Waals surface area contributed by atoms with Crippen LogP contribution >= 0.6 is 23.5 Å². The number of benzene rings is 2. The maximum atomic E-state index is 11.9. The van der Waals surface area contributed by atoms with E-state index in [0.717, 1.165) is 27.7 Å². The molecule has 1 aliphatic heterocycles. The SMILES string of the molecule is CCCCCc1ccc(OCc2ccc(C=C3SC(SC)=NC3=O)cc2)cc1. The predicted molar refractivity (Wildman–Crippen MR) is 122 cm³/mol. The molecule has 0 spiro atoms. The lowest BCUT2D eigenvalue weighted by atomic mass is 10.1. The summed E-state index contributed by atoms with van der Waals surface area (Å²) >= 11 is 2.93. The van der Waals surface area contributed by atoms with Gasteiger partial charge in [-0.15, -0.1) is 11.8 Å². The molecule has 1 heterocycles. The van der Waals surface area contributed by atoms with Gasteiger partial charge in [0.05, 0.1) is 4.91 Å². The van der Waals surface area contributed by atoms with E-state index in [4.69, 9.17) is 4.74 Å². The quantitative estimate of drug-likeness (QED) is 0.376. The zero-order chi connectivity index (χ0) is 19.8. The molecule has 0 unspecified atom stereocenters.